The molecule has 0 bridgehead atoms. The largest absolute Gasteiger partial charge is 0.481 e. The number of carboxylic acids is 1. The molecule has 1 heterocycles. The van der Waals surface area contributed by atoms with Gasteiger partial charge in [-0.25, -0.2) is 0 Å². The summed E-state index contributed by atoms with van der Waals surface area (Å²) in [5.41, 5.74) is -0.179. The molecule has 2 aromatic rings. The van der Waals surface area contributed by atoms with Gasteiger partial charge < -0.3 is 10.4 Å². The molecule has 1 atom stereocenters. The third-order valence-corrected chi connectivity index (χ3v) is 2.83. The maximum atomic E-state index is 11.6. The third-order valence-electron chi connectivity index (χ3n) is 2.83. The van der Waals surface area contributed by atoms with Crippen LogP contribution in [0.25, 0.3) is 10.8 Å². The molecule has 0 amide bonds. The molecule has 4 N–H and O–H groups in total. The van der Waals surface area contributed by atoms with Crippen molar-refractivity contribution < 1.29 is 9.90 Å². The van der Waals surface area contributed by atoms with Crippen LogP contribution in [0.2, 0.25) is 0 Å². The van der Waals surface area contributed by atoms with Gasteiger partial charge in [0.15, 0.2) is 0 Å². The molecule has 2 rings (SSSR count). The highest BCUT2D eigenvalue weighted by Gasteiger charge is 2.10. The first-order chi connectivity index (χ1) is 8.99. The van der Waals surface area contributed by atoms with Crippen molar-refractivity contribution in [3.63, 3.8) is 0 Å². The molecule has 7 nitrogen and oxygen atoms in total. The summed E-state index contributed by atoms with van der Waals surface area (Å²) in [7, 11) is 0. The molecule has 1 aromatic carbocycles. The van der Waals surface area contributed by atoms with Crippen molar-refractivity contribution >= 4 is 22.4 Å². The van der Waals surface area contributed by atoms with E-state index in [1.807, 2.05) is 0 Å². The van der Waals surface area contributed by atoms with Crippen LogP contribution in [-0.4, -0.2) is 27.8 Å². The molecule has 0 saturated heterocycles. The number of hydrogen-bond acceptors (Lipinski definition) is 4. The summed E-state index contributed by atoms with van der Waals surface area (Å²) < 4.78 is 0. The number of rotatable bonds is 4. The second-order valence-corrected chi connectivity index (χ2v) is 4.29. The van der Waals surface area contributed by atoms with Crippen molar-refractivity contribution in [3.8, 4) is 0 Å². The summed E-state index contributed by atoms with van der Waals surface area (Å²) in [6.45, 7) is 1.82. The summed E-state index contributed by atoms with van der Waals surface area (Å²) in [5.74, 6) is -1.45. The zero-order chi connectivity index (χ0) is 14.0. The van der Waals surface area contributed by atoms with Crippen molar-refractivity contribution in [2.75, 3.05) is 11.9 Å². The number of anilines is 1. The zero-order valence-electron chi connectivity index (χ0n) is 10.2. The predicted molar refractivity (Wildman–Crippen MR) is 70.5 cm³/mol. The van der Waals surface area contributed by atoms with Crippen molar-refractivity contribution in [3.05, 3.63) is 38.9 Å². The Labute approximate surface area is 107 Å². The lowest BCUT2D eigenvalue weighted by atomic mass is 10.1. The van der Waals surface area contributed by atoms with Crippen molar-refractivity contribution in [2.24, 2.45) is 5.92 Å². The second-order valence-electron chi connectivity index (χ2n) is 4.29. The van der Waals surface area contributed by atoms with Gasteiger partial charge in [-0.1, -0.05) is 6.92 Å². The topological polar surface area (TPSA) is 115 Å². The summed E-state index contributed by atoms with van der Waals surface area (Å²) in [6.07, 6.45) is 0. The van der Waals surface area contributed by atoms with E-state index in [1.165, 1.54) is 12.1 Å². The number of H-pyrrole nitrogens is 2. The monoisotopic (exact) mass is 263 g/mol. The highest BCUT2D eigenvalue weighted by atomic mass is 16.4. The number of carbonyl (C=O) groups is 1. The van der Waals surface area contributed by atoms with Gasteiger partial charge in [-0.2, -0.15) is 0 Å². The zero-order valence-corrected chi connectivity index (χ0v) is 10.2. The first kappa shape index (κ1) is 12.9. The standard InChI is InChI=1S/C12H13N3O4/c1-6(12(18)19)5-13-7-2-3-8-9(4-7)11(17)15-14-10(8)16/h2-4,6,13H,5H2,1H3,(H,14,16)(H,15,17)(H,18,19). The molecule has 1 unspecified atom stereocenters. The average molecular weight is 263 g/mol. The van der Waals surface area contributed by atoms with E-state index in [1.54, 1.807) is 13.0 Å². The number of aromatic amines is 2. The van der Waals surface area contributed by atoms with E-state index >= 15 is 0 Å². The van der Waals surface area contributed by atoms with Crippen LogP contribution in [0.3, 0.4) is 0 Å². The van der Waals surface area contributed by atoms with Gasteiger partial charge >= 0.3 is 5.97 Å². The minimum atomic E-state index is -0.900. The molecular weight excluding hydrogens is 250 g/mol. The minimum absolute atomic E-state index is 0.238. The van der Waals surface area contributed by atoms with Crippen LogP contribution in [0.4, 0.5) is 5.69 Å². The normalized spacial score (nSPS) is 12.3. The summed E-state index contributed by atoms with van der Waals surface area (Å²) >= 11 is 0. The Hall–Kier alpha value is -2.57. The van der Waals surface area contributed by atoms with E-state index in [4.69, 9.17) is 5.11 Å². The van der Waals surface area contributed by atoms with E-state index in [-0.39, 0.29) is 17.5 Å². The Kier molecular flexibility index (Phi) is 3.37. The first-order valence-corrected chi connectivity index (χ1v) is 5.70. The summed E-state index contributed by atoms with van der Waals surface area (Å²) in [4.78, 5) is 33.7. The average Bonchev–Trinajstić information content (AvgIpc) is 2.40. The molecule has 100 valence electrons. The lowest BCUT2D eigenvalue weighted by Gasteiger charge is -2.09. The van der Waals surface area contributed by atoms with Gasteiger partial charge in [-0.15, -0.1) is 0 Å². The molecule has 19 heavy (non-hydrogen) atoms. The highest BCUT2D eigenvalue weighted by molar-refractivity contribution is 5.84. The van der Waals surface area contributed by atoms with Gasteiger partial charge in [0, 0.05) is 12.2 Å². The third kappa shape index (κ3) is 2.65. The molecule has 0 saturated carbocycles. The highest BCUT2D eigenvalue weighted by Crippen LogP contribution is 2.13. The van der Waals surface area contributed by atoms with E-state index in [0.717, 1.165) is 0 Å². The Morgan fingerprint density at radius 3 is 2.53 bits per heavy atom. The van der Waals surface area contributed by atoms with Crippen LogP contribution in [0.1, 0.15) is 6.92 Å². The van der Waals surface area contributed by atoms with Crippen molar-refractivity contribution in [1.29, 1.82) is 0 Å². The fraction of sp³-hybridized carbons (Fsp3) is 0.250. The minimum Gasteiger partial charge on any atom is -0.481 e. The molecule has 1 aromatic heterocycles. The fourth-order valence-electron chi connectivity index (χ4n) is 1.65. The molecule has 7 heteroatoms. The van der Waals surface area contributed by atoms with Crippen LogP contribution in [-0.2, 0) is 4.79 Å². The molecule has 0 aliphatic heterocycles. The number of hydrogen-bond donors (Lipinski definition) is 4. The SMILES string of the molecule is CC(CNc1ccc2c(=O)[nH][nH]c(=O)c2c1)C(=O)O. The van der Waals surface area contributed by atoms with Gasteiger partial charge in [0.05, 0.1) is 16.7 Å². The fourth-order valence-corrected chi connectivity index (χ4v) is 1.65. The lowest BCUT2D eigenvalue weighted by Crippen LogP contribution is -2.21. The second kappa shape index (κ2) is 4.97. The Morgan fingerprint density at radius 2 is 1.89 bits per heavy atom. The molecule has 0 fully saturated rings. The lowest BCUT2D eigenvalue weighted by molar-refractivity contribution is -0.140. The van der Waals surface area contributed by atoms with Gasteiger partial charge in [0.2, 0.25) is 0 Å². The van der Waals surface area contributed by atoms with Crippen LogP contribution >= 0.6 is 0 Å². The van der Waals surface area contributed by atoms with Crippen LogP contribution < -0.4 is 16.4 Å². The van der Waals surface area contributed by atoms with Crippen LogP contribution in [0.5, 0.6) is 0 Å². The van der Waals surface area contributed by atoms with Gasteiger partial charge in [-0.05, 0) is 18.2 Å². The molecule has 0 aliphatic rings. The van der Waals surface area contributed by atoms with Crippen LogP contribution in [0.15, 0.2) is 27.8 Å². The van der Waals surface area contributed by atoms with Gasteiger partial charge in [0.1, 0.15) is 0 Å². The smallest absolute Gasteiger partial charge is 0.308 e. The predicted octanol–water partition coefficient (Wildman–Crippen LogP) is 0.349. The molecule has 0 radical (unpaired) electrons. The Morgan fingerprint density at radius 1 is 1.26 bits per heavy atom. The number of aliphatic carboxylic acids is 1. The first-order valence-electron chi connectivity index (χ1n) is 5.70. The van der Waals surface area contributed by atoms with Gasteiger partial charge in [-0.3, -0.25) is 24.6 Å². The van der Waals surface area contributed by atoms with Crippen molar-refractivity contribution in [2.45, 2.75) is 6.92 Å². The Balaban J connectivity index is 2.32. The molecule has 0 spiro atoms. The number of aromatic nitrogens is 2. The summed E-state index contributed by atoms with van der Waals surface area (Å²) in [5, 5.41) is 16.7. The van der Waals surface area contributed by atoms with E-state index in [2.05, 4.69) is 15.5 Å². The van der Waals surface area contributed by atoms with E-state index in [9.17, 15) is 14.4 Å². The molecular formula is C12H13N3O4. The maximum Gasteiger partial charge on any atom is 0.308 e. The molecule has 0 aliphatic carbocycles. The Bertz CT molecular complexity index is 732. The van der Waals surface area contributed by atoms with E-state index < -0.39 is 17.4 Å². The summed E-state index contributed by atoms with van der Waals surface area (Å²) in [6, 6.07) is 4.68. The van der Waals surface area contributed by atoms with Gasteiger partial charge in [0.25, 0.3) is 11.1 Å². The van der Waals surface area contributed by atoms with Crippen molar-refractivity contribution in [1.82, 2.24) is 10.2 Å². The number of carboxylic acid groups (broad SMARTS) is 1. The maximum absolute atomic E-state index is 11.6. The van der Waals surface area contributed by atoms with Crippen LogP contribution in [0, 0.1) is 5.92 Å². The quantitative estimate of drug-likeness (QED) is 0.635. The number of benzene rings is 1. The van der Waals surface area contributed by atoms with E-state index in [0.29, 0.717) is 11.1 Å². The number of nitrogens with one attached hydrogen (secondary N) is 3. The number of fused-ring (bicyclic) bond motifs is 1.